The van der Waals surface area contributed by atoms with E-state index in [1.165, 1.54) is 0 Å². The first-order chi connectivity index (χ1) is 10.1. The number of hydrogen-bond acceptors (Lipinski definition) is 5. The lowest BCUT2D eigenvalue weighted by Gasteiger charge is -2.14. The van der Waals surface area contributed by atoms with Crippen LogP contribution in [0.5, 0.6) is 0 Å². The van der Waals surface area contributed by atoms with Crippen molar-refractivity contribution in [2.45, 2.75) is 0 Å². The first-order valence-electron chi connectivity index (χ1n) is 6.70. The SMILES string of the molecule is CN(C)c1cccc(Nc2nc3ccccc3nc2N)c1. The highest BCUT2D eigenvalue weighted by atomic mass is 15.1. The molecular formula is C16H17N5. The van der Waals surface area contributed by atoms with Gasteiger partial charge >= 0.3 is 0 Å². The average Bonchev–Trinajstić information content (AvgIpc) is 2.48. The number of nitrogens with one attached hydrogen (secondary N) is 1. The van der Waals surface area contributed by atoms with Gasteiger partial charge in [-0.15, -0.1) is 0 Å². The van der Waals surface area contributed by atoms with Crippen molar-refractivity contribution >= 4 is 34.0 Å². The molecule has 106 valence electrons. The van der Waals surface area contributed by atoms with Gasteiger partial charge in [-0.3, -0.25) is 0 Å². The second-order valence-corrected chi connectivity index (χ2v) is 5.02. The summed E-state index contributed by atoms with van der Waals surface area (Å²) in [6.45, 7) is 0. The lowest BCUT2D eigenvalue weighted by Crippen LogP contribution is -2.09. The van der Waals surface area contributed by atoms with Crippen molar-refractivity contribution in [3.8, 4) is 0 Å². The van der Waals surface area contributed by atoms with Crippen molar-refractivity contribution in [2.75, 3.05) is 30.0 Å². The number of anilines is 4. The summed E-state index contributed by atoms with van der Waals surface area (Å²) < 4.78 is 0. The first-order valence-corrected chi connectivity index (χ1v) is 6.70. The molecule has 0 unspecified atom stereocenters. The second-order valence-electron chi connectivity index (χ2n) is 5.02. The highest BCUT2D eigenvalue weighted by molar-refractivity contribution is 5.81. The molecule has 5 nitrogen and oxygen atoms in total. The fourth-order valence-corrected chi connectivity index (χ4v) is 2.10. The fourth-order valence-electron chi connectivity index (χ4n) is 2.10. The van der Waals surface area contributed by atoms with E-state index in [1.807, 2.05) is 67.5 Å². The third-order valence-electron chi connectivity index (χ3n) is 3.22. The summed E-state index contributed by atoms with van der Waals surface area (Å²) in [7, 11) is 4.01. The second kappa shape index (κ2) is 5.28. The third kappa shape index (κ3) is 2.72. The molecule has 0 spiro atoms. The van der Waals surface area contributed by atoms with Gasteiger partial charge in [0.25, 0.3) is 0 Å². The molecule has 2 aromatic carbocycles. The molecule has 0 radical (unpaired) electrons. The minimum atomic E-state index is 0.393. The Morgan fingerprint density at radius 1 is 0.952 bits per heavy atom. The Kier molecular flexibility index (Phi) is 3.31. The zero-order valence-electron chi connectivity index (χ0n) is 12.0. The molecule has 0 bridgehead atoms. The van der Waals surface area contributed by atoms with E-state index >= 15 is 0 Å². The van der Waals surface area contributed by atoms with Crippen molar-refractivity contribution in [1.29, 1.82) is 0 Å². The molecule has 21 heavy (non-hydrogen) atoms. The highest BCUT2D eigenvalue weighted by Gasteiger charge is 2.06. The van der Waals surface area contributed by atoms with E-state index in [4.69, 9.17) is 5.73 Å². The topological polar surface area (TPSA) is 67.1 Å². The molecule has 0 aliphatic heterocycles. The Labute approximate surface area is 123 Å². The van der Waals surface area contributed by atoms with E-state index in [2.05, 4.69) is 15.3 Å². The maximum Gasteiger partial charge on any atom is 0.174 e. The van der Waals surface area contributed by atoms with Crippen molar-refractivity contribution in [2.24, 2.45) is 0 Å². The summed E-state index contributed by atoms with van der Waals surface area (Å²) >= 11 is 0. The van der Waals surface area contributed by atoms with Crippen molar-refractivity contribution in [1.82, 2.24) is 9.97 Å². The summed E-state index contributed by atoms with van der Waals surface area (Å²) in [4.78, 5) is 10.9. The predicted octanol–water partition coefficient (Wildman–Crippen LogP) is 3.02. The monoisotopic (exact) mass is 279 g/mol. The van der Waals surface area contributed by atoms with Crippen LogP contribution in [0.3, 0.4) is 0 Å². The smallest absolute Gasteiger partial charge is 0.174 e. The molecule has 1 heterocycles. The molecular weight excluding hydrogens is 262 g/mol. The number of nitrogens with two attached hydrogens (primary N) is 1. The van der Waals surface area contributed by atoms with Gasteiger partial charge < -0.3 is 16.0 Å². The predicted molar refractivity (Wildman–Crippen MR) is 88.0 cm³/mol. The number of para-hydroxylation sites is 2. The molecule has 0 fully saturated rings. The molecule has 0 aliphatic carbocycles. The summed E-state index contributed by atoms with van der Waals surface area (Å²) in [6, 6.07) is 15.7. The van der Waals surface area contributed by atoms with Gasteiger partial charge in [-0.2, -0.15) is 0 Å². The first kappa shape index (κ1) is 13.2. The molecule has 3 aromatic rings. The Morgan fingerprint density at radius 3 is 2.38 bits per heavy atom. The van der Waals surface area contributed by atoms with E-state index < -0.39 is 0 Å². The zero-order chi connectivity index (χ0) is 14.8. The highest BCUT2D eigenvalue weighted by Crippen LogP contribution is 2.24. The Balaban J connectivity index is 1.97. The van der Waals surface area contributed by atoms with E-state index in [0.29, 0.717) is 11.6 Å². The number of rotatable bonds is 3. The lowest BCUT2D eigenvalue weighted by atomic mass is 10.2. The lowest BCUT2D eigenvalue weighted by molar-refractivity contribution is 1.13. The van der Waals surface area contributed by atoms with Gasteiger partial charge in [-0.1, -0.05) is 18.2 Å². The Bertz CT molecular complexity index is 782. The molecule has 3 rings (SSSR count). The summed E-state index contributed by atoms with van der Waals surface area (Å²) in [6.07, 6.45) is 0. The molecule has 0 aliphatic rings. The molecule has 0 amide bonds. The van der Waals surface area contributed by atoms with Gasteiger partial charge in [-0.05, 0) is 30.3 Å². The van der Waals surface area contributed by atoms with Crippen LogP contribution in [-0.4, -0.2) is 24.1 Å². The number of hydrogen-bond donors (Lipinski definition) is 2. The molecule has 0 atom stereocenters. The van der Waals surface area contributed by atoms with Gasteiger partial charge in [0.1, 0.15) is 0 Å². The summed E-state index contributed by atoms with van der Waals surface area (Å²) in [5, 5.41) is 3.23. The van der Waals surface area contributed by atoms with Crippen LogP contribution in [0.4, 0.5) is 23.0 Å². The van der Waals surface area contributed by atoms with Gasteiger partial charge in [0.05, 0.1) is 11.0 Å². The van der Waals surface area contributed by atoms with Crippen LogP contribution in [0.15, 0.2) is 48.5 Å². The van der Waals surface area contributed by atoms with Gasteiger partial charge in [0.15, 0.2) is 11.6 Å². The van der Waals surface area contributed by atoms with Crippen LogP contribution in [0.2, 0.25) is 0 Å². The van der Waals surface area contributed by atoms with Crippen LogP contribution in [-0.2, 0) is 0 Å². The molecule has 0 saturated heterocycles. The van der Waals surface area contributed by atoms with E-state index in [0.717, 1.165) is 22.4 Å². The maximum atomic E-state index is 5.99. The fraction of sp³-hybridized carbons (Fsp3) is 0.125. The molecule has 0 saturated carbocycles. The number of aromatic nitrogens is 2. The van der Waals surface area contributed by atoms with Gasteiger partial charge in [0.2, 0.25) is 0 Å². The number of benzene rings is 2. The molecule has 1 aromatic heterocycles. The number of nitrogens with zero attached hydrogens (tertiary/aromatic N) is 3. The van der Waals surface area contributed by atoms with Crippen molar-refractivity contribution in [3.63, 3.8) is 0 Å². The van der Waals surface area contributed by atoms with E-state index in [1.54, 1.807) is 0 Å². The quantitative estimate of drug-likeness (QED) is 0.771. The van der Waals surface area contributed by atoms with Crippen LogP contribution < -0.4 is 16.0 Å². The average molecular weight is 279 g/mol. The largest absolute Gasteiger partial charge is 0.381 e. The van der Waals surface area contributed by atoms with Crippen LogP contribution >= 0.6 is 0 Å². The van der Waals surface area contributed by atoms with Gasteiger partial charge in [0, 0.05) is 25.5 Å². The van der Waals surface area contributed by atoms with Crippen LogP contribution in [0, 0.1) is 0 Å². The van der Waals surface area contributed by atoms with Crippen molar-refractivity contribution < 1.29 is 0 Å². The molecule has 5 heteroatoms. The Morgan fingerprint density at radius 2 is 1.67 bits per heavy atom. The minimum absolute atomic E-state index is 0.393. The number of nitrogen functional groups attached to an aromatic ring is 1. The minimum Gasteiger partial charge on any atom is -0.381 e. The third-order valence-corrected chi connectivity index (χ3v) is 3.22. The standard InChI is InChI=1S/C16H17N5/c1-21(2)12-7-5-6-11(10-12)18-16-15(17)19-13-8-3-4-9-14(13)20-16/h3-10H,1-2H3,(H2,17,19)(H,18,20). The normalized spacial score (nSPS) is 10.6. The van der Waals surface area contributed by atoms with Gasteiger partial charge in [-0.25, -0.2) is 9.97 Å². The van der Waals surface area contributed by atoms with Crippen LogP contribution in [0.25, 0.3) is 11.0 Å². The summed E-state index contributed by atoms with van der Waals surface area (Å²) in [5.74, 6) is 0.966. The van der Waals surface area contributed by atoms with Crippen LogP contribution in [0.1, 0.15) is 0 Å². The van der Waals surface area contributed by atoms with E-state index in [9.17, 15) is 0 Å². The zero-order valence-corrected chi connectivity index (χ0v) is 12.0. The maximum absolute atomic E-state index is 5.99. The molecule has 3 N–H and O–H groups in total. The van der Waals surface area contributed by atoms with Crippen molar-refractivity contribution in [3.05, 3.63) is 48.5 Å². The summed E-state index contributed by atoms with van der Waals surface area (Å²) in [5.41, 5.74) is 9.63. The number of fused-ring (bicyclic) bond motifs is 1. The van der Waals surface area contributed by atoms with E-state index in [-0.39, 0.29) is 0 Å². The Hall–Kier alpha value is -2.82.